The topological polar surface area (TPSA) is 154 Å². The molecule has 0 spiro atoms. The van der Waals surface area contributed by atoms with Crippen molar-refractivity contribution in [3.05, 3.63) is 60.9 Å². The number of nitrogens with zero attached hydrogens (tertiary/aromatic N) is 8. The van der Waals surface area contributed by atoms with Gasteiger partial charge in [-0.05, 0) is 30.3 Å². The van der Waals surface area contributed by atoms with Gasteiger partial charge in [0.15, 0.2) is 17.3 Å². The minimum atomic E-state index is -4.78. The van der Waals surface area contributed by atoms with Gasteiger partial charge in [0.25, 0.3) is 0 Å². The summed E-state index contributed by atoms with van der Waals surface area (Å²) in [4.78, 5) is 29.7. The van der Waals surface area contributed by atoms with E-state index >= 15 is 0 Å². The van der Waals surface area contributed by atoms with E-state index in [1.54, 1.807) is 24.7 Å². The SMILES string of the molecule is CN(c1cnc2c(c1)nc(Nc1ccc(OC(F)(F)F)cc1)n2C)c1nc(Nc2cnn(CC(N)=O)c2)ncc1F. The number of amides is 1. The van der Waals surface area contributed by atoms with Gasteiger partial charge >= 0.3 is 6.36 Å². The van der Waals surface area contributed by atoms with Gasteiger partial charge in [0, 0.05) is 26.0 Å². The molecule has 4 N–H and O–H groups in total. The summed E-state index contributed by atoms with van der Waals surface area (Å²) >= 11 is 0. The Morgan fingerprint density at radius 3 is 2.54 bits per heavy atom. The molecule has 5 aromatic rings. The van der Waals surface area contributed by atoms with E-state index in [9.17, 15) is 22.4 Å². The second-order valence-electron chi connectivity index (χ2n) is 8.67. The number of benzene rings is 1. The summed E-state index contributed by atoms with van der Waals surface area (Å²) in [7, 11) is 3.30. The minimum absolute atomic E-state index is 0.0522. The van der Waals surface area contributed by atoms with Crippen LogP contribution in [0.2, 0.25) is 0 Å². The van der Waals surface area contributed by atoms with Crippen LogP contribution in [0.3, 0.4) is 0 Å². The van der Waals surface area contributed by atoms with E-state index in [2.05, 4.69) is 40.4 Å². The van der Waals surface area contributed by atoms with Gasteiger partial charge in [-0.1, -0.05) is 0 Å². The lowest BCUT2D eigenvalue weighted by Gasteiger charge is -2.19. The maximum atomic E-state index is 14.8. The zero-order valence-electron chi connectivity index (χ0n) is 21.4. The van der Waals surface area contributed by atoms with E-state index in [1.165, 1.54) is 52.4 Å². The van der Waals surface area contributed by atoms with Gasteiger partial charge in [-0.2, -0.15) is 10.1 Å². The third-order valence-corrected chi connectivity index (χ3v) is 5.68. The number of imidazole rings is 1. The maximum absolute atomic E-state index is 14.8. The number of aromatic nitrogens is 7. The van der Waals surface area contributed by atoms with Gasteiger partial charge in [0.1, 0.15) is 17.8 Å². The molecule has 0 atom stereocenters. The van der Waals surface area contributed by atoms with Crippen LogP contribution >= 0.6 is 0 Å². The zero-order valence-corrected chi connectivity index (χ0v) is 21.4. The first kappa shape index (κ1) is 27.1. The van der Waals surface area contributed by atoms with Crippen LogP contribution in [0.1, 0.15) is 0 Å². The van der Waals surface area contributed by atoms with Gasteiger partial charge in [-0.3, -0.25) is 14.0 Å². The summed E-state index contributed by atoms with van der Waals surface area (Å²) in [6.07, 6.45) is 0.700. The Bertz CT molecular complexity index is 1720. The fourth-order valence-corrected chi connectivity index (χ4v) is 3.81. The van der Waals surface area contributed by atoms with Crippen molar-refractivity contribution in [2.75, 3.05) is 22.6 Å². The summed E-state index contributed by atoms with van der Waals surface area (Å²) < 4.78 is 58.9. The molecule has 0 radical (unpaired) electrons. The Kier molecular flexibility index (Phi) is 7.00. The molecule has 0 saturated heterocycles. The van der Waals surface area contributed by atoms with Crippen molar-refractivity contribution in [3.8, 4) is 5.75 Å². The Morgan fingerprint density at radius 2 is 1.83 bits per heavy atom. The molecule has 0 aliphatic rings. The van der Waals surface area contributed by atoms with E-state index in [1.807, 2.05) is 0 Å². The minimum Gasteiger partial charge on any atom is -0.406 e. The molecule has 41 heavy (non-hydrogen) atoms. The summed E-state index contributed by atoms with van der Waals surface area (Å²) in [6, 6.07) is 6.86. The number of pyridine rings is 1. The molecule has 4 aromatic heterocycles. The average molecular weight is 571 g/mol. The number of carbonyl (C=O) groups excluding carboxylic acids is 1. The van der Waals surface area contributed by atoms with Crippen LogP contribution in [-0.2, 0) is 18.4 Å². The zero-order chi connectivity index (χ0) is 29.3. The first-order valence-corrected chi connectivity index (χ1v) is 11.7. The molecule has 0 fully saturated rings. The smallest absolute Gasteiger partial charge is 0.406 e. The molecule has 0 bridgehead atoms. The number of ether oxygens (including phenoxy) is 1. The lowest BCUT2D eigenvalue weighted by molar-refractivity contribution is -0.274. The normalized spacial score (nSPS) is 11.5. The number of fused-ring (bicyclic) bond motifs is 1. The van der Waals surface area contributed by atoms with Crippen molar-refractivity contribution in [2.24, 2.45) is 12.8 Å². The molecule has 0 saturated carbocycles. The van der Waals surface area contributed by atoms with Crippen LogP contribution in [0.15, 0.2) is 55.1 Å². The standard InChI is InChI=1S/C24H21F4N11O2/c1-37(20-17(25)10-31-22(36-20)33-14-8-32-39(11-14)12-19(29)40)15-7-18-21(30-9-15)38(2)23(35-18)34-13-3-5-16(6-4-13)41-24(26,27)28/h3-11H,12H2,1-2H3,(H2,29,40)(H,34,35)(H,31,33,36). The van der Waals surface area contributed by atoms with Crippen LogP contribution in [0, 0.1) is 5.82 Å². The molecule has 1 amide bonds. The first-order chi connectivity index (χ1) is 19.4. The van der Waals surface area contributed by atoms with E-state index in [4.69, 9.17) is 5.73 Å². The lowest BCUT2D eigenvalue weighted by atomic mass is 10.3. The van der Waals surface area contributed by atoms with Crippen molar-refractivity contribution < 1.29 is 27.1 Å². The van der Waals surface area contributed by atoms with Gasteiger partial charge in [0.2, 0.25) is 17.8 Å². The molecule has 5 rings (SSSR count). The van der Waals surface area contributed by atoms with Gasteiger partial charge in [-0.25, -0.2) is 19.3 Å². The second kappa shape index (κ2) is 10.6. The monoisotopic (exact) mass is 571 g/mol. The highest BCUT2D eigenvalue weighted by Gasteiger charge is 2.31. The third-order valence-electron chi connectivity index (χ3n) is 5.68. The molecule has 17 heteroatoms. The Balaban J connectivity index is 1.35. The van der Waals surface area contributed by atoms with E-state index < -0.39 is 18.1 Å². The summed E-state index contributed by atoms with van der Waals surface area (Å²) in [5.41, 5.74) is 7.53. The summed E-state index contributed by atoms with van der Waals surface area (Å²) in [5, 5.41) is 9.92. The van der Waals surface area contributed by atoms with Gasteiger partial charge in [-0.15, -0.1) is 13.2 Å². The van der Waals surface area contributed by atoms with Crippen molar-refractivity contribution in [1.82, 2.24) is 34.3 Å². The molecule has 0 unspecified atom stereocenters. The number of hydrogen-bond acceptors (Lipinski definition) is 10. The van der Waals surface area contributed by atoms with Crippen LogP contribution < -0.4 is 26.0 Å². The number of alkyl halides is 3. The Labute approximate surface area is 228 Å². The molecule has 1 aromatic carbocycles. The molecular formula is C24H21F4N11O2. The number of nitrogens with two attached hydrogens (primary N) is 1. The Hall–Kier alpha value is -5.48. The number of hydrogen-bond donors (Lipinski definition) is 3. The molecule has 4 heterocycles. The largest absolute Gasteiger partial charge is 0.573 e. The number of carbonyl (C=O) groups is 1. The predicted molar refractivity (Wildman–Crippen MR) is 140 cm³/mol. The van der Waals surface area contributed by atoms with Gasteiger partial charge < -0.3 is 26.0 Å². The molecule has 212 valence electrons. The van der Waals surface area contributed by atoms with Crippen molar-refractivity contribution in [1.29, 1.82) is 0 Å². The van der Waals surface area contributed by atoms with Crippen molar-refractivity contribution >= 4 is 51.8 Å². The van der Waals surface area contributed by atoms with Crippen LogP contribution in [0.4, 0.5) is 52.3 Å². The van der Waals surface area contributed by atoms with Crippen LogP contribution in [0.25, 0.3) is 11.2 Å². The fourth-order valence-electron chi connectivity index (χ4n) is 3.81. The number of rotatable bonds is 9. The summed E-state index contributed by atoms with van der Waals surface area (Å²) in [6.45, 7) is -0.108. The maximum Gasteiger partial charge on any atom is 0.573 e. The highest BCUT2D eigenvalue weighted by molar-refractivity contribution is 5.80. The second-order valence-corrected chi connectivity index (χ2v) is 8.67. The quantitative estimate of drug-likeness (QED) is 0.223. The summed E-state index contributed by atoms with van der Waals surface area (Å²) in [5.74, 6) is -1.20. The highest BCUT2D eigenvalue weighted by Crippen LogP contribution is 2.30. The average Bonchev–Trinajstić information content (AvgIpc) is 3.47. The van der Waals surface area contributed by atoms with E-state index in [0.717, 1.165) is 6.20 Å². The molecule has 0 aliphatic heterocycles. The number of nitrogens with one attached hydrogen (secondary N) is 2. The molecular weight excluding hydrogens is 550 g/mol. The van der Waals surface area contributed by atoms with Crippen molar-refractivity contribution in [3.63, 3.8) is 0 Å². The number of primary amides is 1. The van der Waals surface area contributed by atoms with E-state index in [-0.39, 0.29) is 24.1 Å². The highest BCUT2D eigenvalue weighted by atomic mass is 19.4. The van der Waals surface area contributed by atoms with Gasteiger partial charge in [0.05, 0.1) is 30.0 Å². The number of halogens is 4. The fraction of sp³-hybridized carbons (Fsp3) is 0.167. The lowest BCUT2D eigenvalue weighted by Crippen LogP contribution is -2.18. The van der Waals surface area contributed by atoms with Crippen LogP contribution in [-0.4, -0.2) is 53.6 Å². The third kappa shape index (κ3) is 6.23. The van der Waals surface area contributed by atoms with E-state index in [0.29, 0.717) is 34.2 Å². The molecule has 0 aliphatic carbocycles. The number of aryl methyl sites for hydroxylation is 1. The molecule has 13 nitrogen and oxygen atoms in total. The number of anilines is 6. The Morgan fingerprint density at radius 1 is 1.07 bits per heavy atom. The van der Waals surface area contributed by atoms with Crippen molar-refractivity contribution in [2.45, 2.75) is 12.9 Å². The predicted octanol–water partition coefficient (Wildman–Crippen LogP) is 3.73. The first-order valence-electron chi connectivity index (χ1n) is 11.7. The van der Waals surface area contributed by atoms with Crippen LogP contribution in [0.5, 0.6) is 5.75 Å².